The minimum absolute atomic E-state index is 0.413. The first-order chi connectivity index (χ1) is 11.3. The Balaban J connectivity index is 2.19. The van der Waals surface area contributed by atoms with Crippen LogP contribution in [0.25, 0.3) is 0 Å². The van der Waals surface area contributed by atoms with E-state index in [1.165, 1.54) is 0 Å². The fourth-order valence-corrected chi connectivity index (χ4v) is 2.14. The molecule has 0 radical (unpaired) electrons. The summed E-state index contributed by atoms with van der Waals surface area (Å²) in [6, 6.07) is 0. The van der Waals surface area contributed by atoms with Crippen LogP contribution in [-0.4, -0.2) is 34.8 Å². The number of nitrogens with one attached hydrogen (secondary N) is 3. The zero-order valence-electron chi connectivity index (χ0n) is 15.0. The molecular weight excluding hydrogens is 328 g/mol. The van der Waals surface area contributed by atoms with Gasteiger partial charge in [-0.2, -0.15) is 0 Å². The highest BCUT2D eigenvalue weighted by Crippen LogP contribution is 2.13. The molecular formula is C17H29ClN4O2. The highest BCUT2D eigenvalue weighted by Gasteiger charge is 2.14. The van der Waals surface area contributed by atoms with Crippen molar-refractivity contribution in [2.45, 2.75) is 59.1 Å². The van der Waals surface area contributed by atoms with Crippen LogP contribution >= 0.6 is 11.6 Å². The van der Waals surface area contributed by atoms with Gasteiger partial charge in [0.05, 0.1) is 5.69 Å². The van der Waals surface area contributed by atoms with Gasteiger partial charge in [-0.05, 0) is 27.2 Å². The number of amides is 1. The van der Waals surface area contributed by atoms with Crippen molar-refractivity contribution in [1.29, 1.82) is 0 Å². The van der Waals surface area contributed by atoms with E-state index in [2.05, 4.69) is 27.5 Å². The largest absolute Gasteiger partial charge is 0.444 e. The number of alkyl carbamates (subject to hydrolysis) is 1. The summed E-state index contributed by atoms with van der Waals surface area (Å²) in [5, 5.41) is 6.45. The highest BCUT2D eigenvalue weighted by atomic mass is 35.5. The molecule has 0 atom stereocenters. The summed E-state index contributed by atoms with van der Waals surface area (Å²) in [4.78, 5) is 19.0. The van der Waals surface area contributed by atoms with E-state index < -0.39 is 11.7 Å². The molecule has 0 unspecified atom stereocenters. The second kappa shape index (κ2) is 10.4. The third-order valence-corrected chi connectivity index (χ3v) is 3.35. The molecule has 0 bridgehead atoms. The van der Waals surface area contributed by atoms with Gasteiger partial charge in [-0.1, -0.05) is 37.1 Å². The van der Waals surface area contributed by atoms with E-state index in [1.807, 2.05) is 32.9 Å². The molecule has 1 amide bonds. The molecule has 1 heterocycles. The molecule has 136 valence electrons. The monoisotopic (exact) mass is 356 g/mol. The SMILES string of the molecule is CCCCc1nc(Cl)c(CNC/C=C/CNC(=O)OC(C)(C)C)[nH]1. The maximum Gasteiger partial charge on any atom is 0.407 e. The number of aromatic amines is 1. The molecule has 0 fully saturated rings. The lowest BCUT2D eigenvalue weighted by Crippen LogP contribution is -2.32. The Morgan fingerprint density at radius 2 is 2.04 bits per heavy atom. The predicted molar refractivity (Wildman–Crippen MR) is 97.3 cm³/mol. The Morgan fingerprint density at radius 1 is 1.33 bits per heavy atom. The summed E-state index contributed by atoms with van der Waals surface area (Å²) in [6.07, 6.45) is 6.56. The molecule has 0 aromatic carbocycles. The number of aryl methyl sites for hydroxylation is 1. The van der Waals surface area contributed by atoms with E-state index >= 15 is 0 Å². The number of unbranched alkanes of at least 4 members (excludes halogenated alkanes) is 1. The molecule has 0 aliphatic heterocycles. The van der Waals surface area contributed by atoms with Crippen molar-refractivity contribution < 1.29 is 9.53 Å². The number of carbonyl (C=O) groups excluding carboxylic acids is 1. The fraction of sp³-hybridized carbons (Fsp3) is 0.647. The number of nitrogens with zero attached hydrogens (tertiary/aromatic N) is 1. The Bertz CT molecular complexity index is 535. The molecule has 3 N–H and O–H groups in total. The Labute approximate surface area is 149 Å². The number of rotatable bonds is 9. The Morgan fingerprint density at radius 3 is 2.71 bits per heavy atom. The van der Waals surface area contributed by atoms with Gasteiger partial charge < -0.3 is 20.4 Å². The van der Waals surface area contributed by atoms with Crippen LogP contribution in [0.1, 0.15) is 52.1 Å². The second-order valence-corrected chi connectivity index (χ2v) is 6.90. The van der Waals surface area contributed by atoms with Crippen LogP contribution in [0.2, 0.25) is 5.15 Å². The van der Waals surface area contributed by atoms with E-state index in [0.29, 0.717) is 24.8 Å². The van der Waals surface area contributed by atoms with Crippen LogP contribution in [0.15, 0.2) is 12.2 Å². The van der Waals surface area contributed by atoms with Gasteiger partial charge in [0.1, 0.15) is 11.4 Å². The average Bonchev–Trinajstić information content (AvgIpc) is 2.82. The first-order valence-electron chi connectivity index (χ1n) is 8.37. The molecule has 0 aliphatic carbocycles. The normalized spacial score (nSPS) is 11.9. The number of ether oxygens (including phenoxy) is 1. The molecule has 6 nitrogen and oxygen atoms in total. The van der Waals surface area contributed by atoms with Crippen molar-refractivity contribution in [1.82, 2.24) is 20.6 Å². The second-order valence-electron chi connectivity index (χ2n) is 6.54. The van der Waals surface area contributed by atoms with Gasteiger partial charge in [0.2, 0.25) is 0 Å². The maximum absolute atomic E-state index is 11.4. The lowest BCUT2D eigenvalue weighted by atomic mass is 10.2. The summed E-state index contributed by atoms with van der Waals surface area (Å²) >= 11 is 6.11. The zero-order valence-corrected chi connectivity index (χ0v) is 15.8. The van der Waals surface area contributed by atoms with Crippen molar-refractivity contribution >= 4 is 17.7 Å². The lowest BCUT2D eigenvalue weighted by Gasteiger charge is -2.19. The molecule has 0 saturated carbocycles. The van der Waals surface area contributed by atoms with Crippen molar-refractivity contribution in [3.8, 4) is 0 Å². The fourth-order valence-electron chi connectivity index (χ4n) is 1.92. The molecule has 1 aromatic rings. The smallest absolute Gasteiger partial charge is 0.407 e. The van der Waals surface area contributed by atoms with E-state index in [9.17, 15) is 4.79 Å². The van der Waals surface area contributed by atoms with Crippen LogP contribution in [0.3, 0.4) is 0 Å². The third-order valence-electron chi connectivity index (χ3n) is 3.04. The number of hydrogen-bond acceptors (Lipinski definition) is 4. The van der Waals surface area contributed by atoms with Crippen LogP contribution in [0, 0.1) is 0 Å². The molecule has 24 heavy (non-hydrogen) atoms. The van der Waals surface area contributed by atoms with Crippen molar-refractivity contribution in [2.24, 2.45) is 0 Å². The summed E-state index contributed by atoms with van der Waals surface area (Å²) in [5.41, 5.74) is 0.428. The van der Waals surface area contributed by atoms with E-state index in [1.54, 1.807) is 0 Å². The van der Waals surface area contributed by atoms with Gasteiger partial charge in [0.15, 0.2) is 5.15 Å². The van der Waals surface area contributed by atoms with Crippen LogP contribution in [-0.2, 0) is 17.7 Å². The van der Waals surface area contributed by atoms with Gasteiger partial charge >= 0.3 is 6.09 Å². The number of aromatic nitrogens is 2. The molecule has 0 saturated heterocycles. The number of carbonyl (C=O) groups is 1. The summed E-state index contributed by atoms with van der Waals surface area (Å²) < 4.78 is 5.14. The first kappa shape index (κ1) is 20.5. The highest BCUT2D eigenvalue weighted by molar-refractivity contribution is 6.30. The lowest BCUT2D eigenvalue weighted by molar-refractivity contribution is 0.0534. The number of imidazole rings is 1. The first-order valence-corrected chi connectivity index (χ1v) is 8.75. The van der Waals surface area contributed by atoms with E-state index in [-0.39, 0.29) is 0 Å². The van der Waals surface area contributed by atoms with Crippen LogP contribution < -0.4 is 10.6 Å². The summed E-state index contributed by atoms with van der Waals surface area (Å²) in [7, 11) is 0. The van der Waals surface area contributed by atoms with Crippen LogP contribution in [0.4, 0.5) is 4.79 Å². The minimum atomic E-state index is -0.478. The van der Waals surface area contributed by atoms with Crippen molar-refractivity contribution in [3.05, 3.63) is 28.8 Å². The van der Waals surface area contributed by atoms with Crippen molar-refractivity contribution in [3.63, 3.8) is 0 Å². The summed E-state index contributed by atoms with van der Waals surface area (Å²) in [6.45, 7) is 9.39. The Hall–Kier alpha value is -1.53. The van der Waals surface area contributed by atoms with Gasteiger partial charge in [-0.25, -0.2) is 9.78 Å². The standard InChI is InChI=1S/C17H29ClN4O2/c1-5-6-9-14-21-13(15(18)22-14)12-19-10-7-8-11-20-16(23)24-17(2,3)4/h7-8,19H,5-6,9-12H2,1-4H3,(H,20,23)(H,21,22)/b8-7+. The molecule has 7 heteroatoms. The predicted octanol–water partition coefficient (Wildman–Crippen LogP) is 3.58. The van der Waals surface area contributed by atoms with E-state index in [4.69, 9.17) is 16.3 Å². The Kier molecular flexibility index (Phi) is 8.85. The number of halogens is 1. The molecule has 0 aliphatic rings. The summed E-state index contributed by atoms with van der Waals surface area (Å²) in [5.74, 6) is 0.941. The molecule has 0 spiro atoms. The number of H-pyrrole nitrogens is 1. The average molecular weight is 357 g/mol. The van der Waals surface area contributed by atoms with Crippen LogP contribution in [0.5, 0.6) is 0 Å². The molecule has 1 rings (SSSR count). The van der Waals surface area contributed by atoms with Gasteiger partial charge in [-0.3, -0.25) is 0 Å². The topological polar surface area (TPSA) is 79.0 Å². The third kappa shape index (κ3) is 8.93. The van der Waals surface area contributed by atoms with Crippen molar-refractivity contribution in [2.75, 3.05) is 13.1 Å². The maximum atomic E-state index is 11.4. The van der Waals surface area contributed by atoms with Gasteiger partial charge in [0, 0.05) is 26.1 Å². The minimum Gasteiger partial charge on any atom is -0.444 e. The molecule has 1 aromatic heterocycles. The number of hydrogen-bond donors (Lipinski definition) is 3. The quantitative estimate of drug-likeness (QED) is 0.466. The van der Waals surface area contributed by atoms with Gasteiger partial charge in [0.25, 0.3) is 0 Å². The van der Waals surface area contributed by atoms with Gasteiger partial charge in [-0.15, -0.1) is 0 Å². The zero-order chi connectivity index (χ0) is 18.0. The van der Waals surface area contributed by atoms with E-state index in [0.717, 1.165) is 30.8 Å².